The first-order valence-electron chi connectivity index (χ1n) is 7.63. The average molecular weight is 305 g/mol. The molecule has 1 amide bonds. The Morgan fingerprint density at radius 1 is 1.00 bits per heavy atom. The van der Waals surface area contributed by atoms with Crippen LogP contribution in [0.2, 0.25) is 0 Å². The lowest BCUT2D eigenvalue weighted by Crippen LogP contribution is -2.13. The van der Waals surface area contributed by atoms with Gasteiger partial charge in [0, 0.05) is 5.69 Å². The van der Waals surface area contributed by atoms with Crippen LogP contribution in [0.25, 0.3) is 0 Å². The first kappa shape index (κ1) is 15.1. The summed E-state index contributed by atoms with van der Waals surface area (Å²) in [7, 11) is 0. The molecule has 0 aliphatic rings. The summed E-state index contributed by atoms with van der Waals surface area (Å²) in [5.74, 6) is 1.24. The van der Waals surface area contributed by atoms with E-state index in [-0.39, 0.29) is 5.91 Å². The van der Waals surface area contributed by atoms with Gasteiger partial charge in [0.1, 0.15) is 11.5 Å². The van der Waals surface area contributed by atoms with Gasteiger partial charge in [-0.25, -0.2) is 0 Å². The lowest BCUT2D eigenvalue weighted by Gasteiger charge is -2.11. The number of carbonyl (C=O) groups is 1. The number of furan rings is 1. The fourth-order valence-corrected chi connectivity index (χ4v) is 2.66. The van der Waals surface area contributed by atoms with E-state index in [1.165, 1.54) is 5.56 Å². The fraction of sp³-hybridized carbons (Fsp3) is 0.150. The van der Waals surface area contributed by atoms with Crippen LogP contribution < -0.4 is 5.32 Å². The van der Waals surface area contributed by atoms with Gasteiger partial charge in [0.05, 0.1) is 5.56 Å². The number of para-hydroxylation sites is 1. The number of carbonyl (C=O) groups excluding carboxylic acids is 1. The second kappa shape index (κ2) is 6.53. The summed E-state index contributed by atoms with van der Waals surface area (Å²) in [6.07, 6.45) is 0.778. The fourth-order valence-electron chi connectivity index (χ4n) is 2.66. The topological polar surface area (TPSA) is 42.2 Å². The molecule has 0 radical (unpaired) electrons. The summed E-state index contributed by atoms with van der Waals surface area (Å²) >= 11 is 0. The number of benzene rings is 2. The molecular formula is C20H19NO2. The number of rotatable bonds is 4. The van der Waals surface area contributed by atoms with Crippen LogP contribution in [0.3, 0.4) is 0 Å². The van der Waals surface area contributed by atoms with Crippen molar-refractivity contribution in [1.82, 2.24) is 0 Å². The Hall–Kier alpha value is -2.81. The first-order valence-corrected chi connectivity index (χ1v) is 7.63. The highest BCUT2D eigenvalue weighted by molar-refractivity contribution is 6.05. The van der Waals surface area contributed by atoms with Crippen LogP contribution in [0.4, 0.5) is 5.69 Å². The summed E-state index contributed by atoms with van der Waals surface area (Å²) in [6.45, 7) is 3.64. The molecule has 3 aromatic rings. The van der Waals surface area contributed by atoms with Crippen LogP contribution in [0.15, 0.2) is 65.1 Å². The van der Waals surface area contributed by atoms with Crippen LogP contribution in [0.5, 0.6) is 0 Å². The molecule has 1 aromatic heterocycles. The highest BCUT2D eigenvalue weighted by Gasteiger charge is 2.15. The van der Waals surface area contributed by atoms with Crippen molar-refractivity contribution >= 4 is 11.6 Å². The van der Waals surface area contributed by atoms with Crippen LogP contribution in [-0.4, -0.2) is 5.91 Å². The molecule has 3 rings (SSSR count). The maximum absolute atomic E-state index is 12.5. The van der Waals surface area contributed by atoms with Gasteiger partial charge in [-0.2, -0.15) is 0 Å². The second-order valence-corrected chi connectivity index (χ2v) is 5.60. The Kier molecular flexibility index (Phi) is 4.29. The molecule has 2 aromatic carbocycles. The van der Waals surface area contributed by atoms with Crippen LogP contribution in [-0.2, 0) is 6.42 Å². The summed E-state index contributed by atoms with van der Waals surface area (Å²) in [5, 5.41) is 3.00. The maximum atomic E-state index is 12.5. The van der Waals surface area contributed by atoms with Crippen molar-refractivity contribution in [2.75, 3.05) is 5.32 Å². The lowest BCUT2D eigenvalue weighted by molar-refractivity contribution is 0.102. The Morgan fingerprint density at radius 2 is 1.70 bits per heavy atom. The minimum atomic E-state index is -0.139. The third-order valence-corrected chi connectivity index (χ3v) is 3.79. The van der Waals surface area contributed by atoms with Gasteiger partial charge in [0.15, 0.2) is 0 Å². The van der Waals surface area contributed by atoms with Crippen molar-refractivity contribution in [3.63, 3.8) is 0 Å². The van der Waals surface area contributed by atoms with Crippen molar-refractivity contribution in [3.8, 4) is 0 Å². The molecular weight excluding hydrogens is 286 g/mol. The predicted octanol–water partition coefficient (Wildman–Crippen LogP) is 4.74. The molecule has 0 atom stereocenters. The molecule has 0 bridgehead atoms. The van der Waals surface area contributed by atoms with E-state index in [2.05, 4.69) is 17.4 Å². The van der Waals surface area contributed by atoms with Crippen molar-refractivity contribution in [3.05, 3.63) is 88.9 Å². The van der Waals surface area contributed by atoms with Gasteiger partial charge in [-0.1, -0.05) is 48.5 Å². The zero-order valence-electron chi connectivity index (χ0n) is 13.3. The Bertz CT molecular complexity index is 819. The van der Waals surface area contributed by atoms with Gasteiger partial charge in [-0.15, -0.1) is 0 Å². The molecule has 23 heavy (non-hydrogen) atoms. The number of nitrogens with one attached hydrogen (secondary N) is 1. The summed E-state index contributed by atoms with van der Waals surface area (Å²) in [5.41, 5.74) is 3.71. The van der Waals surface area contributed by atoms with Gasteiger partial charge in [-0.3, -0.25) is 4.79 Å². The molecule has 0 spiro atoms. The van der Waals surface area contributed by atoms with Gasteiger partial charge in [0.25, 0.3) is 5.91 Å². The molecule has 1 heterocycles. The van der Waals surface area contributed by atoms with Gasteiger partial charge in [0.2, 0.25) is 0 Å². The monoisotopic (exact) mass is 305 g/mol. The van der Waals surface area contributed by atoms with Gasteiger partial charge >= 0.3 is 0 Å². The summed E-state index contributed by atoms with van der Waals surface area (Å²) < 4.78 is 5.44. The molecule has 0 unspecified atom stereocenters. The third kappa shape index (κ3) is 3.51. The lowest BCUT2D eigenvalue weighted by atomic mass is 10.0. The molecule has 0 saturated carbocycles. The van der Waals surface area contributed by atoms with E-state index in [0.29, 0.717) is 11.3 Å². The highest BCUT2D eigenvalue weighted by Crippen LogP contribution is 2.21. The zero-order valence-corrected chi connectivity index (χ0v) is 13.3. The number of anilines is 1. The van der Waals surface area contributed by atoms with Gasteiger partial charge in [-0.05, 0) is 43.5 Å². The van der Waals surface area contributed by atoms with Crippen LogP contribution >= 0.6 is 0 Å². The Morgan fingerprint density at radius 3 is 2.39 bits per heavy atom. The number of hydrogen-bond donors (Lipinski definition) is 1. The van der Waals surface area contributed by atoms with Gasteiger partial charge < -0.3 is 9.73 Å². The molecule has 1 N–H and O–H groups in total. The highest BCUT2D eigenvalue weighted by atomic mass is 16.3. The van der Waals surface area contributed by atoms with E-state index < -0.39 is 0 Å². The standard InChI is InChI=1S/C20H19NO2/c1-14-12-18(15(2)23-14)20(22)21-19-11-7-6-10-17(19)13-16-8-4-3-5-9-16/h3-12H,13H2,1-2H3,(H,21,22). The quantitative estimate of drug-likeness (QED) is 0.756. The molecule has 3 heteroatoms. The van der Waals surface area contributed by atoms with E-state index in [9.17, 15) is 4.79 Å². The van der Waals surface area contributed by atoms with E-state index >= 15 is 0 Å². The van der Waals surface area contributed by atoms with E-state index in [1.807, 2.05) is 49.4 Å². The van der Waals surface area contributed by atoms with E-state index in [0.717, 1.165) is 23.4 Å². The van der Waals surface area contributed by atoms with Crippen LogP contribution in [0.1, 0.15) is 33.0 Å². The number of aryl methyl sites for hydroxylation is 2. The van der Waals surface area contributed by atoms with Crippen molar-refractivity contribution in [1.29, 1.82) is 0 Å². The molecule has 0 aliphatic carbocycles. The molecule has 3 nitrogen and oxygen atoms in total. The summed E-state index contributed by atoms with van der Waals surface area (Å²) in [6, 6.07) is 19.9. The maximum Gasteiger partial charge on any atom is 0.259 e. The minimum Gasteiger partial charge on any atom is -0.466 e. The number of amides is 1. The largest absolute Gasteiger partial charge is 0.466 e. The second-order valence-electron chi connectivity index (χ2n) is 5.60. The minimum absolute atomic E-state index is 0.139. The van der Waals surface area contributed by atoms with E-state index in [4.69, 9.17) is 4.42 Å². The SMILES string of the molecule is Cc1cc(C(=O)Nc2ccccc2Cc2ccccc2)c(C)o1. The third-order valence-electron chi connectivity index (χ3n) is 3.79. The smallest absolute Gasteiger partial charge is 0.259 e. The normalized spacial score (nSPS) is 10.5. The molecule has 116 valence electrons. The Balaban J connectivity index is 1.83. The Labute approximate surface area is 136 Å². The number of hydrogen-bond acceptors (Lipinski definition) is 2. The van der Waals surface area contributed by atoms with E-state index in [1.54, 1.807) is 13.0 Å². The molecule has 0 saturated heterocycles. The first-order chi connectivity index (χ1) is 11.1. The van der Waals surface area contributed by atoms with Crippen molar-refractivity contribution in [2.45, 2.75) is 20.3 Å². The van der Waals surface area contributed by atoms with Crippen molar-refractivity contribution < 1.29 is 9.21 Å². The molecule has 0 fully saturated rings. The predicted molar refractivity (Wildman–Crippen MR) is 91.8 cm³/mol. The average Bonchev–Trinajstić information content (AvgIpc) is 2.89. The summed E-state index contributed by atoms with van der Waals surface area (Å²) in [4.78, 5) is 12.5. The van der Waals surface area contributed by atoms with Crippen molar-refractivity contribution in [2.24, 2.45) is 0 Å². The molecule has 0 aliphatic heterocycles. The van der Waals surface area contributed by atoms with Crippen LogP contribution in [0, 0.1) is 13.8 Å². The zero-order chi connectivity index (χ0) is 16.2.